The van der Waals surface area contributed by atoms with Crippen molar-refractivity contribution in [2.75, 3.05) is 5.32 Å². The van der Waals surface area contributed by atoms with Gasteiger partial charge in [-0.2, -0.15) is 0 Å². The van der Waals surface area contributed by atoms with Gasteiger partial charge in [-0.15, -0.1) is 11.3 Å². The lowest BCUT2D eigenvalue weighted by atomic mass is 10.1. The van der Waals surface area contributed by atoms with Crippen LogP contribution in [0, 0.1) is 0 Å². The molecule has 118 valence electrons. The third-order valence-electron chi connectivity index (χ3n) is 3.55. The van der Waals surface area contributed by atoms with Gasteiger partial charge in [0.1, 0.15) is 0 Å². The van der Waals surface area contributed by atoms with Gasteiger partial charge in [-0.3, -0.25) is 0 Å². The Morgan fingerprint density at radius 2 is 1.96 bits per heavy atom. The van der Waals surface area contributed by atoms with Gasteiger partial charge in [-0.1, -0.05) is 34.1 Å². The fourth-order valence-electron chi connectivity index (χ4n) is 2.37. The van der Waals surface area contributed by atoms with E-state index in [1.54, 1.807) is 23.9 Å². The monoisotopic (exact) mass is 396 g/mol. The first-order chi connectivity index (χ1) is 11.8. The Labute approximate surface area is 152 Å². The van der Waals surface area contributed by atoms with Gasteiger partial charge in [0.05, 0.1) is 12.0 Å². The number of aromatic nitrogens is 3. The fraction of sp³-hybridized carbons (Fsp3) is 0. The van der Waals surface area contributed by atoms with Crippen molar-refractivity contribution in [2.24, 2.45) is 0 Å². The van der Waals surface area contributed by atoms with Gasteiger partial charge in [0.15, 0.2) is 5.13 Å². The van der Waals surface area contributed by atoms with Crippen LogP contribution >= 0.6 is 27.3 Å². The molecule has 2 aromatic carbocycles. The Morgan fingerprint density at radius 3 is 2.71 bits per heavy atom. The second kappa shape index (κ2) is 6.59. The van der Waals surface area contributed by atoms with Gasteiger partial charge in [-0.05, 0) is 30.3 Å². The van der Waals surface area contributed by atoms with Crippen molar-refractivity contribution in [2.45, 2.75) is 0 Å². The normalized spacial score (nSPS) is 10.7. The summed E-state index contributed by atoms with van der Waals surface area (Å²) in [6.07, 6.45) is 5.49. The predicted octanol–water partition coefficient (Wildman–Crippen LogP) is 5.50. The average molecular weight is 397 g/mol. The summed E-state index contributed by atoms with van der Waals surface area (Å²) >= 11 is 5.07. The minimum atomic E-state index is 0.877. The number of thiazole rings is 1. The van der Waals surface area contributed by atoms with E-state index in [1.165, 1.54) is 0 Å². The molecule has 2 heterocycles. The third-order valence-corrected chi connectivity index (χ3v) is 4.80. The van der Waals surface area contributed by atoms with Crippen molar-refractivity contribution < 1.29 is 0 Å². The van der Waals surface area contributed by atoms with Gasteiger partial charge >= 0.3 is 0 Å². The first-order valence-electron chi connectivity index (χ1n) is 7.35. The Bertz CT molecular complexity index is 945. The van der Waals surface area contributed by atoms with Crippen molar-refractivity contribution in [3.63, 3.8) is 0 Å². The van der Waals surface area contributed by atoms with E-state index in [-0.39, 0.29) is 0 Å². The predicted molar refractivity (Wildman–Crippen MR) is 102 cm³/mol. The molecule has 2 aromatic heterocycles. The maximum atomic E-state index is 4.67. The number of rotatable bonds is 4. The summed E-state index contributed by atoms with van der Waals surface area (Å²) in [5.41, 5.74) is 4.16. The first-order valence-corrected chi connectivity index (χ1v) is 9.02. The molecule has 0 aliphatic rings. The maximum absolute atomic E-state index is 4.67. The number of anilines is 2. The Morgan fingerprint density at radius 1 is 1.08 bits per heavy atom. The molecule has 1 N–H and O–H groups in total. The van der Waals surface area contributed by atoms with Crippen LogP contribution in [0.2, 0.25) is 0 Å². The average Bonchev–Trinajstić information content (AvgIpc) is 3.27. The van der Waals surface area contributed by atoms with Crippen LogP contribution in [0.1, 0.15) is 0 Å². The topological polar surface area (TPSA) is 42.7 Å². The van der Waals surface area contributed by atoms with Crippen molar-refractivity contribution in [3.8, 4) is 16.9 Å². The van der Waals surface area contributed by atoms with Crippen molar-refractivity contribution in [3.05, 3.63) is 77.1 Å². The number of halogens is 1. The molecule has 0 spiro atoms. The minimum Gasteiger partial charge on any atom is -0.332 e. The molecule has 0 unspecified atom stereocenters. The van der Waals surface area contributed by atoms with Crippen molar-refractivity contribution in [1.29, 1.82) is 0 Å². The number of nitrogens with one attached hydrogen (secondary N) is 1. The fourth-order valence-corrected chi connectivity index (χ4v) is 3.51. The minimum absolute atomic E-state index is 0.877. The molecule has 0 saturated heterocycles. The molecule has 24 heavy (non-hydrogen) atoms. The van der Waals surface area contributed by atoms with Gasteiger partial charge in [-0.25, -0.2) is 9.97 Å². The van der Waals surface area contributed by atoms with E-state index < -0.39 is 0 Å². The molecular weight excluding hydrogens is 384 g/mol. The first kappa shape index (κ1) is 15.1. The summed E-state index contributed by atoms with van der Waals surface area (Å²) in [6.45, 7) is 0. The summed E-state index contributed by atoms with van der Waals surface area (Å²) in [7, 11) is 0. The SMILES string of the molecule is Brc1cccc(Nc2nc(-c3ccc(-n4ccnc4)cc3)cs2)c1. The number of hydrogen-bond donors (Lipinski definition) is 1. The van der Waals surface area contributed by atoms with Crippen LogP contribution in [0.4, 0.5) is 10.8 Å². The maximum Gasteiger partial charge on any atom is 0.187 e. The molecule has 0 atom stereocenters. The second-order valence-electron chi connectivity index (χ2n) is 5.19. The van der Waals surface area contributed by atoms with Gasteiger partial charge in [0, 0.05) is 39.2 Å². The van der Waals surface area contributed by atoms with Gasteiger partial charge in [0.25, 0.3) is 0 Å². The number of imidazole rings is 1. The highest BCUT2D eigenvalue weighted by molar-refractivity contribution is 9.10. The molecule has 6 heteroatoms. The lowest BCUT2D eigenvalue weighted by Gasteiger charge is -2.04. The van der Waals surface area contributed by atoms with Crippen LogP contribution in [-0.2, 0) is 0 Å². The van der Waals surface area contributed by atoms with E-state index in [0.29, 0.717) is 0 Å². The molecule has 0 bridgehead atoms. The van der Waals surface area contributed by atoms with Crippen molar-refractivity contribution in [1.82, 2.24) is 14.5 Å². The lowest BCUT2D eigenvalue weighted by Crippen LogP contribution is -1.90. The summed E-state index contributed by atoms with van der Waals surface area (Å²) in [5.74, 6) is 0. The number of benzene rings is 2. The van der Waals surface area contributed by atoms with Crippen LogP contribution < -0.4 is 5.32 Å². The molecular formula is C18H13BrN4S. The van der Waals surface area contributed by atoms with Gasteiger partial charge < -0.3 is 9.88 Å². The van der Waals surface area contributed by atoms with Crippen LogP contribution in [0.25, 0.3) is 16.9 Å². The Hall–Kier alpha value is -2.44. The highest BCUT2D eigenvalue weighted by Crippen LogP contribution is 2.28. The summed E-state index contributed by atoms with van der Waals surface area (Å²) < 4.78 is 3.02. The number of hydrogen-bond acceptors (Lipinski definition) is 4. The van der Waals surface area contributed by atoms with E-state index in [4.69, 9.17) is 0 Å². The van der Waals surface area contributed by atoms with E-state index in [0.717, 1.165) is 32.2 Å². The standard InChI is InChI=1S/C18H13BrN4S/c19-14-2-1-3-15(10-14)21-18-22-17(11-24-18)13-4-6-16(7-5-13)23-9-8-20-12-23/h1-12H,(H,21,22). The van der Waals surface area contributed by atoms with Crippen LogP contribution in [-0.4, -0.2) is 14.5 Å². The van der Waals surface area contributed by atoms with Gasteiger partial charge in [0.2, 0.25) is 0 Å². The highest BCUT2D eigenvalue weighted by Gasteiger charge is 2.06. The van der Waals surface area contributed by atoms with E-state index in [1.807, 2.05) is 35.0 Å². The zero-order valence-corrected chi connectivity index (χ0v) is 15.0. The van der Waals surface area contributed by atoms with E-state index in [9.17, 15) is 0 Å². The van der Waals surface area contributed by atoms with Crippen LogP contribution in [0.3, 0.4) is 0 Å². The zero-order chi connectivity index (χ0) is 16.4. The highest BCUT2D eigenvalue weighted by atomic mass is 79.9. The molecule has 0 aliphatic carbocycles. The molecule has 4 aromatic rings. The molecule has 0 saturated carbocycles. The summed E-state index contributed by atoms with van der Waals surface area (Å²) in [4.78, 5) is 8.74. The van der Waals surface area contributed by atoms with E-state index in [2.05, 4.69) is 60.9 Å². The third kappa shape index (κ3) is 3.25. The second-order valence-corrected chi connectivity index (χ2v) is 6.96. The van der Waals surface area contributed by atoms with Crippen LogP contribution in [0.15, 0.2) is 77.1 Å². The van der Waals surface area contributed by atoms with E-state index >= 15 is 0 Å². The summed E-state index contributed by atoms with van der Waals surface area (Å²) in [5, 5.41) is 6.27. The Balaban J connectivity index is 1.54. The Kier molecular flexibility index (Phi) is 4.15. The van der Waals surface area contributed by atoms with Crippen molar-refractivity contribution >= 4 is 38.1 Å². The molecule has 0 aliphatic heterocycles. The molecule has 4 rings (SSSR count). The largest absolute Gasteiger partial charge is 0.332 e. The smallest absolute Gasteiger partial charge is 0.187 e. The lowest BCUT2D eigenvalue weighted by molar-refractivity contribution is 1.06. The van der Waals surface area contributed by atoms with Crippen LogP contribution in [0.5, 0.6) is 0 Å². The number of nitrogens with zero attached hydrogens (tertiary/aromatic N) is 3. The molecule has 4 nitrogen and oxygen atoms in total. The zero-order valence-electron chi connectivity index (χ0n) is 12.6. The molecule has 0 radical (unpaired) electrons. The summed E-state index contributed by atoms with van der Waals surface area (Å²) in [6, 6.07) is 16.3. The molecule has 0 fully saturated rings. The molecule has 0 amide bonds. The quantitative estimate of drug-likeness (QED) is 0.494.